The second-order valence-electron chi connectivity index (χ2n) is 12.0. The molecule has 1 unspecified atom stereocenters. The Morgan fingerprint density at radius 1 is 0.792 bits per heavy atom. The molecule has 1 N–H and O–H groups in total. The highest BCUT2D eigenvalue weighted by atomic mass is 16.6. The summed E-state index contributed by atoms with van der Waals surface area (Å²) in [6.45, 7) is 0.516. The van der Waals surface area contributed by atoms with Gasteiger partial charge >= 0.3 is 5.97 Å². The van der Waals surface area contributed by atoms with Gasteiger partial charge in [0.15, 0.2) is 0 Å². The maximum absolute atomic E-state index is 12.6. The number of hydrogen-bond acceptors (Lipinski definition) is 8. The average Bonchev–Trinajstić information content (AvgIpc) is 3.10. The largest absolute Gasteiger partial charge is 0.463 e. The van der Waals surface area contributed by atoms with Crippen molar-refractivity contribution in [2.75, 3.05) is 18.1 Å². The van der Waals surface area contributed by atoms with Gasteiger partial charge in [0.2, 0.25) is 0 Å². The standard InChI is InChI=1S/C38H35N3O7/c42-32(12-6-22-39(24-26-7-2-1-3-8-26)34-21-19-31(40(44)45)23-35(34)41(46)47)25-48-36(43)13-5-9-27-14-15-30-17-16-28-10-4-11-29-18-20-33(27)38(30)37(28)29/h1-4,7-8,10-11,14-21,23,32,42H,5-6,9,12-13,22,24-25H2. The van der Waals surface area contributed by atoms with Gasteiger partial charge in [-0.05, 0) is 75.2 Å². The number of nitro groups is 2. The molecule has 0 aliphatic heterocycles. The predicted octanol–water partition coefficient (Wildman–Crippen LogP) is 8.11. The zero-order valence-electron chi connectivity index (χ0n) is 26.3. The topological polar surface area (TPSA) is 136 Å². The minimum absolute atomic E-state index is 0.145. The molecule has 244 valence electrons. The molecule has 0 spiro atoms. The Morgan fingerprint density at radius 2 is 1.50 bits per heavy atom. The number of carbonyl (C=O) groups is 1. The Hall–Kier alpha value is -5.61. The summed E-state index contributed by atoms with van der Waals surface area (Å²) in [5.41, 5.74) is 1.61. The predicted molar refractivity (Wildman–Crippen MR) is 187 cm³/mol. The van der Waals surface area contributed by atoms with E-state index in [1.54, 1.807) is 4.90 Å². The van der Waals surface area contributed by atoms with Crippen LogP contribution in [-0.4, -0.2) is 40.2 Å². The minimum atomic E-state index is -0.906. The summed E-state index contributed by atoms with van der Waals surface area (Å²) in [5, 5.41) is 41.0. The maximum atomic E-state index is 12.6. The second-order valence-corrected chi connectivity index (χ2v) is 12.0. The summed E-state index contributed by atoms with van der Waals surface area (Å²) < 4.78 is 5.39. The molecule has 0 amide bonds. The monoisotopic (exact) mass is 645 g/mol. The zero-order valence-corrected chi connectivity index (χ0v) is 26.3. The van der Waals surface area contributed by atoms with E-state index in [0.717, 1.165) is 18.1 Å². The molecule has 0 aliphatic carbocycles. The van der Waals surface area contributed by atoms with Crippen molar-refractivity contribution in [1.82, 2.24) is 0 Å². The van der Waals surface area contributed by atoms with Crippen molar-refractivity contribution in [3.8, 4) is 0 Å². The van der Waals surface area contributed by atoms with Crippen LogP contribution in [0.25, 0.3) is 32.3 Å². The number of nitro benzene ring substituents is 2. The number of ether oxygens (including phenoxy) is 1. The molecule has 6 rings (SSSR count). The fourth-order valence-corrected chi connectivity index (χ4v) is 6.43. The Kier molecular flexibility index (Phi) is 9.73. The molecule has 6 aromatic rings. The third-order valence-electron chi connectivity index (χ3n) is 8.77. The van der Waals surface area contributed by atoms with Gasteiger partial charge in [0.05, 0.1) is 22.0 Å². The number of anilines is 1. The number of hydrogen-bond donors (Lipinski definition) is 1. The normalized spacial score (nSPS) is 12.0. The lowest BCUT2D eigenvalue weighted by Gasteiger charge is -2.25. The first-order valence-corrected chi connectivity index (χ1v) is 16.0. The Morgan fingerprint density at radius 3 is 2.23 bits per heavy atom. The molecule has 0 radical (unpaired) electrons. The molecule has 0 saturated heterocycles. The van der Waals surface area contributed by atoms with Crippen LogP contribution in [0, 0.1) is 20.2 Å². The molecule has 0 aliphatic rings. The Labute approximate surface area is 276 Å². The smallest absolute Gasteiger partial charge is 0.305 e. The van der Waals surface area contributed by atoms with Crippen LogP contribution in [0.1, 0.15) is 36.8 Å². The molecular weight excluding hydrogens is 610 g/mol. The van der Waals surface area contributed by atoms with Crippen LogP contribution in [0.5, 0.6) is 0 Å². The second kappa shape index (κ2) is 14.4. The van der Waals surface area contributed by atoms with Gasteiger partial charge in [-0.2, -0.15) is 0 Å². The van der Waals surface area contributed by atoms with Gasteiger partial charge in [0, 0.05) is 25.6 Å². The molecule has 10 nitrogen and oxygen atoms in total. The van der Waals surface area contributed by atoms with E-state index in [9.17, 15) is 30.1 Å². The molecule has 6 aromatic carbocycles. The lowest BCUT2D eigenvalue weighted by atomic mass is 9.90. The summed E-state index contributed by atoms with van der Waals surface area (Å²) in [6.07, 6.45) is 1.39. The number of aryl methyl sites for hydroxylation is 1. The Balaban J connectivity index is 1.02. The summed E-state index contributed by atoms with van der Waals surface area (Å²) in [7, 11) is 0. The maximum Gasteiger partial charge on any atom is 0.305 e. The van der Waals surface area contributed by atoms with Crippen molar-refractivity contribution >= 4 is 55.3 Å². The number of nitrogens with zero attached hydrogens (tertiary/aromatic N) is 3. The van der Waals surface area contributed by atoms with Gasteiger partial charge in [-0.15, -0.1) is 0 Å². The van der Waals surface area contributed by atoms with Crippen LogP contribution < -0.4 is 4.90 Å². The van der Waals surface area contributed by atoms with E-state index >= 15 is 0 Å². The van der Waals surface area contributed by atoms with Gasteiger partial charge in [-0.25, -0.2) is 0 Å². The van der Waals surface area contributed by atoms with Crippen LogP contribution in [0.2, 0.25) is 0 Å². The highest BCUT2D eigenvalue weighted by molar-refractivity contribution is 6.23. The van der Waals surface area contributed by atoms with Crippen LogP contribution in [0.4, 0.5) is 17.1 Å². The minimum Gasteiger partial charge on any atom is -0.463 e. The summed E-state index contributed by atoms with van der Waals surface area (Å²) in [4.78, 5) is 36.1. The molecule has 0 bridgehead atoms. The summed E-state index contributed by atoms with van der Waals surface area (Å²) in [5.74, 6) is -0.376. The van der Waals surface area contributed by atoms with Crippen LogP contribution >= 0.6 is 0 Å². The van der Waals surface area contributed by atoms with E-state index in [1.165, 1.54) is 50.0 Å². The zero-order chi connectivity index (χ0) is 33.6. The van der Waals surface area contributed by atoms with Crippen molar-refractivity contribution in [2.45, 2.75) is 44.8 Å². The fourth-order valence-electron chi connectivity index (χ4n) is 6.43. The summed E-state index contributed by atoms with van der Waals surface area (Å²) in [6, 6.07) is 32.2. The number of rotatable bonds is 15. The van der Waals surface area contributed by atoms with Crippen LogP contribution in [0.15, 0.2) is 103 Å². The van der Waals surface area contributed by atoms with E-state index in [0.29, 0.717) is 32.4 Å². The van der Waals surface area contributed by atoms with E-state index in [1.807, 2.05) is 30.3 Å². The van der Waals surface area contributed by atoms with E-state index in [2.05, 4.69) is 54.6 Å². The molecule has 0 fully saturated rings. The number of benzene rings is 6. The Bertz CT molecular complexity index is 2070. The molecule has 0 heterocycles. The first-order valence-electron chi connectivity index (χ1n) is 16.0. The van der Waals surface area contributed by atoms with E-state index in [4.69, 9.17) is 4.74 Å². The number of non-ortho nitro benzene ring substituents is 1. The van der Waals surface area contributed by atoms with Crippen molar-refractivity contribution in [1.29, 1.82) is 0 Å². The molecule has 48 heavy (non-hydrogen) atoms. The van der Waals surface area contributed by atoms with Crippen LogP contribution in [0.3, 0.4) is 0 Å². The SMILES string of the molecule is O=C(CCCc1ccc2ccc3cccc4ccc1c2c34)OCC(O)CCCN(Cc1ccccc1)c1ccc([N+](=O)[O-])cc1[N+](=O)[O-]. The van der Waals surface area contributed by atoms with Gasteiger partial charge in [0.25, 0.3) is 11.4 Å². The molecule has 10 heteroatoms. The van der Waals surface area contributed by atoms with Crippen molar-refractivity contribution < 1.29 is 24.5 Å². The van der Waals surface area contributed by atoms with Gasteiger partial charge < -0.3 is 14.7 Å². The lowest BCUT2D eigenvalue weighted by Crippen LogP contribution is -2.26. The third kappa shape index (κ3) is 7.19. The molecule has 0 aromatic heterocycles. The van der Waals surface area contributed by atoms with Crippen molar-refractivity contribution in [3.63, 3.8) is 0 Å². The number of esters is 1. The van der Waals surface area contributed by atoms with Crippen LogP contribution in [-0.2, 0) is 22.5 Å². The molecule has 0 saturated carbocycles. The highest BCUT2D eigenvalue weighted by Gasteiger charge is 2.24. The molecular formula is C38H35N3O7. The first kappa shape index (κ1) is 32.3. The van der Waals surface area contributed by atoms with E-state index < -0.39 is 16.0 Å². The summed E-state index contributed by atoms with van der Waals surface area (Å²) >= 11 is 0. The average molecular weight is 646 g/mol. The number of aliphatic hydroxyl groups excluding tert-OH is 1. The van der Waals surface area contributed by atoms with E-state index in [-0.39, 0.29) is 36.1 Å². The van der Waals surface area contributed by atoms with Gasteiger partial charge in [-0.3, -0.25) is 25.0 Å². The lowest BCUT2D eigenvalue weighted by molar-refractivity contribution is -0.393. The van der Waals surface area contributed by atoms with Crippen molar-refractivity contribution in [3.05, 3.63) is 134 Å². The van der Waals surface area contributed by atoms with Gasteiger partial charge in [-0.1, -0.05) is 84.9 Å². The molecule has 1 atom stereocenters. The fraction of sp³-hybridized carbons (Fsp3) is 0.237. The van der Waals surface area contributed by atoms with Crippen molar-refractivity contribution in [2.24, 2.45) is 0 Å². The third-order valence-corrected chi connectivity index (χ3v) is 8.77. The quantitative estimate of drug-likeness (QED) is 0.0512. The number of carbonyl (C=O) groups excluding carboxylic acids is 1. The van der Waals surface area contributed by atoms with Gasteiger partial charge in [0.1, 0.15) is 12.3 Å². The highest BCUT2D eigenvalue weighted by Crippen LogP contribution is 2.36. The number of aliphatic hydroxyl groups is 1. The first-order chi connectivity index (χ1) is 23.3.